The number of Topliss-reactive ketones (excluding diaryl/α,β-unsaturated/α-hetero) is 2. The minimum absolute atomic E-state index is 0.0199. The van der Waals surface area contributed by atoms with Gasteiger partial charge in [0.25, 0.3) is 0 Å². The van der Waals surface area contributed by atoms with E-state index in [0.717, 1.165) is 0 Å². The number of hydrogen-bond donors (Lipinski definition) is 4. The van der Waals surface area contributed by atoms with Crippen LogP contribution in [-0.2, 0) is 9.59 Å². The Bertz CT molecular complexity index is 587. The minimum atomic E-state index is -1.70. The first-order valence-electron chi connectivity index (χ1n) is 10.1. The lowest BCUT2D eigenvalue weighted by molar-refractivity contribution is -0.208. The summed E-state index contributed by atoms with van der Waals surface area (Å²) >= 11 is 0. The van der Waals surface area contributed by atoms with E-state index < -0.39 is 35.1 Å². The monoisotopic (exact) mass is 384 g/mol. The van der Waals surface area contributed by atoms with Gasteiger partial charge in [-0.25, -0.2) is 0 Å². The second-order valence-corrected chi connectivity index (χ2v) is 9.45. The molecular formula is C21H36O6. The van der Waals surface area contributed by atoms with Gasteiger partial charge in [0, 0.05) is 30.3 Å². The summed E-state index contributed by atoms with van der Waals surface area (Å²) in [6.07, 6.45) is 1.04. The molecule has 2 saturated carbocycles. The predicted molar refractivity (Wildman–Crippen MR) is 101 cm³/mol. The standard InChI is InChI=1S/C21H36O6/c1-6-12(2)17-19(4,15(24)7-8-22)16-13(3)9-21(27,11-23)10-14(16)18(25)20(17,5)26/h12-14,16-17,22-23,26-27H,6-11H2,1-5H3/t12-,13-,14+,16+,17-,19+,20+,21-/m1/s1. The molecule has 2 aliphatic carbocycles. The number of hydrogen-bond acceptors (Lipinski definition) is 6. The third kappa shape index (κ3) is 3.39. The molecule has 0 aliphatic heterocycles. The van der Waals surface area contributed by atoms with Crippen LogP contribution in [0.1, 0.15) is 60.3 Å². The van der Waals surface area contributed by atoms with Crippen molar-refractivity contribution in [3.63, 3.8) is 0 Å². The predicted octanol–water partition coefficient (Wildman–Crippen LogP) is 1.33. The van der Waals surface area contributed by atoms with Crippen molar-refractivity contribution in [1.82, 2.24) is 0 Å². The van der Waals surface area contributed by atoms with Gasteiger partial charge >= 0.3 is 0 Å². The Morgan fingerprint density at radius 1 is 1.22 bits per heavy atom. The van der Waals surface area contributed by atoms with Crippen LogP contribution in [0.15, 0.2) is 0 Å². The van der Waals surface area contributed by atoms with Gasteiger partial charge in [-0.2, -0.15) is 0 Å². The number of rotatable bonds is 6. The van der Waals surface area contributed by atoms with E-state index in [1.165, 1.54) is 6.92 Å². The van der Waals surface area contributed by atoms with Gasteiger partial charge in [0.1, 0.15) is 11.4 Å². The lowest BCUT2D eigenvalue weighted by Gasteiger charge is -2.61. The molecule has 156 valence electrons. The van der Waals surface area contributed by atoms with Gasteiger partial charge in [-0.05, 0) is 37.5 Å². The van der Waals surface area contributed by atoms with Crippen molar-refractivity contribution in [2.75, 3.05) is 13.2 Å². The van der Waals surface area contributed by atoms with E-state index >= 15 is 0 Å². The summed E-state index contributed by atoms with van der Waals surface area (Å²) in [6.45, 7) is 8.43. The summed E-state index contributed by atoms with van der Waals surface area (Å²) in [5.41, 5.74) is -4.07. The number of aliphatic hydroxyl groups is 4. The van der Waals surface area contributed by atoms with Crippen molar-refractivity contribution in [3.05, 3.63) is 0 Å². The number of ketones is 2. The normalized spacial score (nSPS) is 46.0. The molecule has 4 N–H and O–H groups in total. The molecule has 2 fully saturated rings. The van der Waals surface area contributed by atoms with Crippen LogP contribution in [0.5, 0.6) is 0 Å². The fourth-order valence-corrected chi connectivity index (χ4v) is 6.57. The molecule has 2 rings (SSSR count). The largest absolute Gasteiger partial charge is 0.396 e. The smallest absolute Gasteiger partial charge is 0.167 e. The van der Waals surface area contributed by atoms with Crippen molar-refractivity contribution < 1.29 is 30.0 Å². The van der Waals surface area contributed by atoms with E-state index in [9.17, 15) is 30.0 Å². The number of carbonyl (C=O) groups is 2. The lowest BCUT2D eigenvalue weighted by atomic mass is 9.42. The van der Waals surface area contributed by atoms with Gasteiger partial charge in [0.15, 0.2) is 5.78 Å². The Morgan fingerprint density at radius 3 is 2.30 bits per heavy atom. The van der Waals surface area contributed by atoms with Crippen LogP contribution in [0, 0.1) is 35.0 Å². The lowest BCUT2D eigenvalue weighted by Crippen LogP contribution is -2.69. The van der Waals surface area contributed by atoms with E-state index in [2.05, 4.69) is 0 Å². The first kappa shape index (κ1) is 22.5. The summed E-state index contributed by atoms with van der Waals surface area (Å²) < 4.78 is 0. The Hall–Kier alpha value is -0.820. The number of fused-ring (bicyclic) bond motifs is 1. The van der Waals surface area contributed by atoms with Gasteiger partial charge in [-0.15, -0.1) is 0 Å². The fourth-order valence-electron chi connectivity index (χ4n) is 6.57. The third-order valence-corrected chi connectivity index (χ3v) is 7.58. The number of carbonyl (C=O) groups excluding carboxylic acids is 2. The third-order valence-electron chi connectivity index (χ3n) is 7.58. The highest BCUT2D eigenvalue weighted by atomic mass is 16.3. The van der Waals surface area contributed by atoms with Crippen molar-refractivity contribution in [1.29, 1.82) is 0 Å². The van der Waals surface area contributed by atoms with Gasteiger partial charge in [0.2, 0.25) is 0 Å². The molecule has 0 saturated heterocycles. The maximum absolute atomic E-state index is 13.3. The number of aliphatic hydroxyl groups excluding tert-OH is 2. The highest BCUT2D eigenvalue weighted by Gasteiger charge is 2.67. The van der Waals surface area contributed by atoms with Gasteiger partial charge in [-0.1, -0.05) is 34.1 Å². The second kappa shape index (κ2) is 7.54. The summed E-state index contributed by atoms with van der Waals surface area (Å²) in [7, 11) is 0. The molecule has 2 aliphatic rings. The Morgan fingerprint density at radius 2 is 1.81 bits per heavy atom. The maximum atomic E-state index is 13.3. The quantitative estimate of drug-likeness (QED) is 0.549. The van der Waals surface area contributed by atoms with E-state index in [-0.39, 0.29) is 48.8 Å². The van der Waals surface area contributed by atoms with E-state index in [1.54, 1.807) is 0 Å². The Balaban J connectivity index is 2.67. The molecule has 0 radical (unpaired) electrons. The zero-order valence-corrected chi connectivity index (χ0v) is 17.2. The molecule has 0 unspecified atom stereocenters. The molecule has 8 atom stereocenters. The van der Waals surface area contributed by atoms with Gasteiger partial charge in [0.05, 0.1) is 12.2 Å². The molecule has 6 nitrogen and oxygen atoms in total. The van der Waals surface area contributed by atoms with Crippen LogP contribution in [0.3, 0.4) is 0 Å². The molecule has 27 heavy (non-hydrogen) atoms. The average molecular weight is 385 g/mol. The second-order valence-electron chi connectivity index (χ2n) is 9.45. The van der Waals surface area contributed by atoms with Crippen molar-refractivity contribution in [2.45, 2.75) is 71.5 Å². The van der Waals surface area contributed by atoms with Crippen LogP contribution in [0.25, 0.3) is 0 Å². The molecular weight excluding hydrogens is 348 g/mol. The zero-order valence-electron chi connectivity index (χ0n) is 17.2. The fraction of sp³-hybridized carbons (Fsp3) is 0.905. The molecule has 0 spiro atoms. The first-order chi connectivity index (χ1) is 12.4. The van der Waals surface area contributed by atoms with E-state index in [1.807, 2.05) is 27.7 Å². The Labute approximate surface area is 162 Å². The SMILES string of the molecule is CC[C@@H](C)[C@@H]1[C@@](C)(C(=O)CCO)[C@H]2[C@H](C)C[C@](O)(CO)C[C@@H]2C(=O)[C@@]1(C)O. The summed E-state index contributed by atoms with van der Waals surface area (Å²) in [5, 5.41) is 41.1. The van der Waals surface area contributed by atoms with Gasteiger partial charge < -0.3 is 20.4 Å². The van der Waals surface area contributed by atoms with E-state index in [4.69, 9.17) is 0 Å². The first-order valence-corrected chi connectivity index (χ1v) is 10.1. The van der Waals surface area contributed by atoms with Gasteiger partial charge in [-0.3, -0.25) is 9.59 Å². The van der Waals surface area contributed by atoms with Crippen LogP contribution in [0.2, 0.25) is 0 Å². The summed E-state index contributed by atoms with van der Waals surface area (Å²) in [5.74, 6) is -2.33. The zero-order chi connectivity index (χ0) is 20.8. The molecule has 0 aromatic rings. The van der Waals surface area contributed by atoms with Crippen LogP contribution < -0.4 is 0 Å². The molecule has 0 aromatic carbocycles. The molecule has 0 aromatic heterocycles. The van der Waals surface area contributed by atoms with Crippen molar-refractivity contribution >= 4 is 11.6 Å². The maximum Gasteiger partial charge on any atom is 0.167 e. The Kier molecular flexibility index (Phi) is 6.28. The van der Waals surface area contributed by atoms with Crippen LogP contribution in [-0.4, -0.2) is 56.4 Å². The van der Waals surface area contributed by atoms with Crippen LogP contribution >= 0.6 is 0 Å². The summed E-state index contributed by atoms with van der Waals surface area (Å²) in [4.78, 5) is 26.6. The average Bonchev–Trinajstić information content (AvgIpc) is 2.59. The molecule has 6 heteroatoms. The topological polar surface area (TPSA) is 115 Å². The highest BCUT2D eigenvalue weighted by molar-refractivity contribution is 5.95. The molecule has 0 amide bonds. The van der Waals surface area contributed by atoms with Crippen LogP contribution in [0.4, 0.5) is 0 Å². The highest BCUT2D eigenvalue weighted by Crippen LogP contribution is 2.61. The molecule has 0 bridgehead atoms. The molecule has 0 heterocycles. The van der Waals surface area contributed by atoms with Crippen molar-refractivity contribution in [2.24, 2.45) is 35.0 Å². The van der Waals surface area contributed by atoms with E-state index in [0.29, 0.717) is 12.8 Å². The summed E-state index contributed by atoms with van der Waals surface area (Å²) in [6, 6.07) is 0. The van der Waals surface area contributed by atoms with Crippen molar-refractivity contribution in [3.8, 4) is 0 Å². The minimum Gasteiger partial charge on any atom is -0.396 e.